The highest BCUT2D eigenvalue weighted by Gasteiger charge is 2.43. The fraction of sp³-hybridized carbons (Fsp3) is 0.480. The maximum atomic E-state index is 13.3. The monoisotopic (exact) mass is 461 g/mol. The normalized spacial score (nSPS) is 23.1. The molecule has 0 radical (unpaired) electrons. The molecule has 8 heteroatoms. The Morgan fingerprint density at radius 2 is 1.82 bits per heavy atom. The Balaban J connectivity index is 1.39. The van der Waals surface area contributed by atoms with Crippen molar-refractivity contribution in [2.75, 3.05) is 31.1 Å². The number of rotatable bonds is 5. The number of alkyl halides is 3. The van der Waals surface area contributed by atoms with E-state index in [0.29, 0.717) is 50.6 Å². The van der Waals surface area contributed by atoms with Gasteiger partial charge in [-0.3, -0.25) is 9.69 Å². The number of amides is 1. The van der Waals surface area contributed by atoms with Gasteiger partial charge in [0.2, 0.25) is 5.91 Å². The molecule has 1 N–H and O–H groups in total. The number of halogens is 4. The smallest absolute Gasteiger partial charge is 0.365 e. The molecule has 3 aliphatic rings. The van der Waals surface area contributed by atoms with Crippen molar-refractivity contribution in [1.29, 1.82) is 0 Å². The second kappa shape index (κ2) is 8.63. The number of piperazine rings is 1. The highest BCUT2D eigenvalue weighted by molar-refractivity contribution is 5.82. The molecule has 1 aliphatic carbocycles. The standard InChI is InChI=1S/C25H27F4N3O/c26-20-6-3-17(4-7-20)14-31-9-10-32-22-8-5-19(25(27,28)29)11-18(22)12-21(23(32)15-31)24(33)30-13-16-1-2-16/h3-8,11,16,21,23H,1-2,9-10,12-15H2,(H,30,33)/t21-,23-/m1/s1. The molecule has 2 aromatic rings. The molecule has 2 fully saturated rings. The summed E-state index contributed by atoms with van der Waals surface area (Å²) in [4.78, 5) is 17.5. The van der Waals surface area contributed by atoms with E-state index in [9.17, 15) is 22.4 Å². The molecule has 0 aromatic heterocycles. The van der Waals surface area contributed by atoms with Crippen LogP contribution in [0.15, 0.2) is 42.5 Å². The van der Waals surface area contributed by atoms with Gasteiger partial charge in [0, 0.05) is 38.4 Å². The average molecular weight is 462 g/mol. The minimum atomic E-state index is -4.41. The zero-order valence-corrected chi connectivity index (χ0v) is 18.2. The van der Waals surface area contributed by atoms with Crippen LogP contribution in [0.2, 0.25) is 0 Å². The average Bonchev–Trinajstić information content (AvgIpc) is 3.62. The Hall–Kier alpha value is -2.61. The van der Waals surface area contributed by atoms with Crippen molar-refractivity contribution < 1.29 is 22.4 Å². The van der Waals surface area contributed by atoms with E-state index in [1.807, 2.05) is 0 Å². The summed E-state index contributed by atoms with van der Waals surface area (Å²) in [5, 5.41) is 3.05. The summed E-state index contributed by atoms with van der Waals surface area (Å²) >= 11 is 0. The van der Waals surface area contributed by atoms with Gasteiger partial charge in [0.1, 0.15) is 5.82 Å². The van der Waals surface area contributed by atoms with Gasteiger partial charge in [-0.05, 0) is 66.6 Å². The molecular weight excluding hydrogens is 434 g/mol. The molecule has 0 spiro atoms. The Labute approximate surface area is 190 Å². The number of nitrogens with zero attached hydrogens (tertiary/aromatic N) is 2. The van der Waals surface area contributed by atoms with Crippen LogP contribution in [0.5, 0.6) is 0 Å². The predicted octanol–water partition coefficient (Wildman–Crippen LogP) is 4.23. The Bertz CT molecular complexity index is 1020. The first kappa shape index (κ1) is 22.2. The molecule has 2 heterocycles. The molecule has 33 heavy (non-hydrogen) atoms. The van der Waals surface area contributed by atoms with Crippen LogP contribution in [-0.4, -0.2) is 43.0 Å². The van der Waals surface area contributed by atoms with Gasteiger partial charge in [-0.2, -0.15) is 13.2 Å². The van der Waals surface area contributed by atoms with E-state index in [-0.39, 0.29) is 17.8 Å². The van der Waals surface area contributed by atoms with Gasteiger partial charge in [0.05, 0.1) is 17.5 Å². The van der Waals surface area contributed by atoms with Crippen molar-refractivity contribution in [2.45, 2.75) is 38.0 Å². The van der Waals surface area contributed by atoms with Crippen LogP contribution in [0.1, 0.15) is 29.5 Å². The minimum Gasteiger partial charge on any atom is -0.365 e. The van der Waals surface area contributed by atoms with Crippen LogP contribution in [0.4, 0.5) is 23.2 Å². The van der Waals surface area contributed by atoms with E-state index >= 15 is 0 Å². The van der Waals surface area contributed by atoms with E-state index in [4.69, 9.17) is 0 Å². The number of anilines is 1. The van der Waals surface area contributed by atoms with Crippen molar-refractivity contribution in [3.8, 4) is 0 Å². The molecule has 4 nitrogen and oxygen atoms in total. The summed E-state index contributed by atoms with van der Waals surface area (Å²) in [6.45, 7) is 3.23. The van der Waals surface area contributed by atoms with Crippen molar-refractivity contribution in [3.05, 3.63) is 65.0 Å². The van der Waals surface area contributed by atoms with Gasteiger partial charge < -0.3 is 10.2 Å². The van der Waals surface area contributed by atoms with E-state index in [1.165, 1.54) is 18.2 Å². The van der Waals surface area contributed by atoms with Gasteiger partial charge in [0.15, 0.2) is 0 Å². The molecule has 1 saturated carbocycles. The molecule has 1 saturated heterocycles. The Morgan fingerprint density at radius 3 is 2.52 bits per heavy atom. The number of nitrogens with one attached hydrogen (secondary N) is 1. The maximum Gasteiger partial charge on any atom is 0.416 e. The molecule has 2 aromatic carbocycles. The lowest BCUT2D eigenvalue weighted by atomic mass is 9.82. The third-order valence-electron chi connectivity index (χ3n) is 7.04. The lowest BCUT2D eigenvalue weighted by molar-refractivity contribution is -0.137. The van der Waals surface area contributed by atoms with Crippen molar-refractivity contribution in [3.63, 3.8) is 0 Å². The van der Waals surface area contributed by atoms with Gasteiger partial charge in [-0.15, -0.1) is 0 Å². The van der Waals surface area contributed by atoms with Gasteiger partial charge >= 0.3 is 6.18 Å². The number of carbonyl (C=O) groups is 1. The van der Waals surface area contributed by atoms with Crippen molar-refractivity contribution >= 4 is 11.6 Å². The summed E-state index contributed by atoms with van der Waals surface area (Å²) in [6.07, 6.45) is -1.89. The summed E-state index contributed by atoms with van der Waals surface area (Å²) in [5.41, 5.74) is 1.69. The molecule has 5 rings (SSSR count). The Morgan fingerprint density at radius 1 is 1.06 bits per heavy atom. The van der Waals surface area contributed by atoms with Gasteiger partial charge in [-0.25, -0.2) is 4.39 Å². The number of hydrogen-bond acceptors (Lipinski definition) is 3. The van der Waals surface area contributed by atoms with Crippen LogP contribution in [-0.2, 0) is 23.9 Å². The fourth-order valence-electron chi connectivity index (χ4n) is 5.05. The summed E-state index contributed by atoms with van der Waals surface area (Å²) in [5.74, 6) is -0.253. The molecule has 1 amide bonds. The minimum absolute atomic E-state index is 0.0800. The molecule has 0 unspecified atom stereocenters. The lowest BCUT2D eigenvalue weighted by Gasteiger charge is -2.49. The first-order valence-electron chi connectivity index (χ1n) is 11.5. The molecule has 0 bridgehead atoms. The summed E-state index contributed by atoms with van der Waals surface area (Å²) in [7, 11) is 0. The van der Waals surface area contributed by atoms with Crippen LogP contribution in [0.25, 0.3) is 0 Å². The first-order chi connectivity index (χ1) is 15.8. The van der Waals surface area contributed by atoms with Crippen LogP contribution >= 0.6 is 0 Å². The summed E-state index contributed by atoms with van der Waals surface area (Å²) in [6, 6.07) is 10.2. The number of hydrogen-bond donors (Lipinski definition) is 1. The van der Waals surface area contributed by atoms with Gasteiger partial charge in [-0.1, -0.05) is 12.1 Å². The second-order valence-electron chi connectivity index (χ2n) is 9.46. The quantitative estimate of drug-likeness (QED) is 0.677. The Kier molecular flexibility index (Phi) is 5.80. The van der Waals surface area contributed by atoms with E-state index in [2.05, 4.69) is 15.1 Å². The maximum absolute atomic E-state index is 13.3. The zero-order chi connectivity index (χ0) is 23.2. The first-order valence-corrected chi connectivity index (χ1v) is 11.5. The third-order valence-corrected chi connectivity index (χ3v) is 7.04. The predicted molar refractivity (Wildman–Crippen MR) is 117 cm³/mol. The van der Waals surface area contributed by atoms with E-state index in [0.717, 1.165) is 30.2 Å². The van der Waals surface area contributed by atoms with E-state index < -0.39 is 17.7 Å². The number of fused-ring (bicyclic) bond motifs is 3. The molecule has 2 atom stereocenters. The highest BCUT2D eigenvalue weighted by atomic mass is 19.4. The van der Waals surface area contributed by atoms with Crippen molar-refractivity contribution in [1.82, 2.24) is 10.2 Å². The van der Waals surface area contributed by atoms with Crippen LogP contribution < -0.4 is 10.2 Å². The lowest BCUT2D eigenvalue weighted by Crippen LogP contribution is -2.61. The second-order valence-corrected chi connectivity index (χ2v) is 9.46. The zero-order valence-electron chi connectivity index (χ0n) is 18.2. The third kappa shape index (κ3) is 4.86. The topological polar surface area (TPSA) is 35.6 Å². The largest absolute Gasteiger partial charge is 0.416 e. The molecule has 176 valence electrons. The van der Waals surface area contributed by atoms with Crippen LogP contribution in [0.3, 0.4) is 0 Å². The number of carbonyl (C=O) groups excluding carboxylic acids is 1. The van der Waals surface area contributed by atoms with Gasteiger partial charge in [0.25, 0.3) is 0 Å². The fourth-order valence-corrected chi connectivity index (χ4v) is 5.05. The molecular formula is C25H27F4N3O. The SMILES string of the molecule is O=C(NCC1CC1)[C@@H]1Cc2cc(C(F)(F)F)ccc2N2CCN(Cc3ccc(F)cc3)C[C@H]12. The highest BCUT2D eigenvalue weighted by Crippen LogP contribution is 2.40. The molecule has 2 aliphatic heterocycles. The van der Waals surface area contributed by atoms with E-state index in [1.54, 1.807) is 18.2 Å². The van der Waals surface area contributed by atoms with Crippen molar-refractivity contribution in [2.24, 2.45) is 11.8 Å². The summed E-state index contributed by atoms with van der Waals surface area (Å²) < 4.78 is 53.2. The van der Waals surface area contributed by atoms with Crippen LogP contribution in [0, 0.1) is 17.7 Å². The number of benzene rings is 2.